The number of anilines is 1. The molecule has 0 fully saturated rings. The quantitative estimate of drug-likeness (QED) is 0.368. The van der Waals surface area contributed by atoms with Crippen LogP contribution in [0.5, 0.6) is 0 Å². The lowest BCUT2D eigenvalue weighted by Crippen LogP contribution is -2.46. The first kappa shape index (κ1) is 19.1. The smallest absolute Gasteiger partial charge is 0.269 e. The Morgan fingerprint density at radius 2 is 1.54 bits per heavy atom. The zero-order chi connectivity index (χ0) is 18.9. The van der Waals surface area contributed by atoms with Gasteiger partial charge in [0.1, 0.15) is 5.82 Å². The first-order valence-corrected chi connectivity index (χ1v) is 8.02. The standard InChI is InChI=1S/C18H17FN4O2S/c1-2-11-20-18(26)23-22-17(25)13-5-9-15(10-6-13)21-16(24)12-3-7-14(19)8-4-12/h2-10H,1,11H2,(H,21,24)(H,22,25)(H2,20,23,26). The molecule has 0 aliphatic rings. The number of hydrazine groups is 1. The van der Waals surface area contributed by atoms with Crippen LogP contribution in [0.4, 0.5) is 10.1 Å². The minimum atomic E-state index is -0.412. The van der Waals surface area contributed by atoms with E-state index in [1.165, 1.54) is 24.3 Å². The zero-order valence-electron chi connectivity index (χ0n) is 13.7. The molecule has 2 aromatic carbocycles. The molecule has 0 saturated heterocycles. The maximum Gasteiger partial charge on any atom is 0.269 e. The molecular formula is C18H17FN4O2S. The second-order valence-corrected chi connectivity index (χ2v) is 5.52. The van der Waals surface area contributed by atoms with Gasteiger partial charge in [-0.1, -0.05) is 6.08 Å². The molecule has 0 bridgehead atoms. The van der Waals surface area contributed by atoms with Crippen molar-refractivity contribution in [3.63, 3.8) is 0 Å². The molecule has 0 aliphatic carbocycles. The Morgan fingerprint density at radius 3 is 2.15 bits per heavy atom. The fraction of sp³-hybridized carbons (Fsp3) is 0.0556. The Labute approximate surface area is 155 Å². The number of nitrogens with one attached hydrogen (secondary N) is 4. The van der Waals surface area contributed by atoms with Gasteiger partial charge in [0.05, 0.1) is 0 Å². The van der Waals surface area contributed by atoms with Crippen molar-refractivity contribution < 1.29 is 14.0 Å². The Balaban J connectivity index is 1.89. The van der Waals surface area contributed by atoms with Gasteiger partial charge in [-0.3, -0.25) is 20.4 Å². The Hall–Kier alpha value is -3.26. The molecule has 2 rings (SSSR count). The highest BCUT2D eigenvalue weighted by Gasteiger charge is 2.08. The van der Waals surface area contributed by atoms with Gasteiger partial charge in [0.15, 0.2) is 5.11 Å². The van der Waals surface area contributed by atoms with E-state index >= 15 is 0 Å². The van der Waals surface area contributed by atoms with Gasteiger partial charge >= 0.3 is 0 Å². The fourth-order valence-corrected chi connectivity index (χ4v) is 2.04. The molecular weight excluding hydrogens is 355 g/mol. The molecule has 0 heterocycles. The van der Waals surface area contributed by atoms with Crippen molar-refractivity contribution in [3.05, 3.63) is 78.1 Å². The van der Waals surface area contributed by atoms with Gasteiger partial charge in [0, 0.05) is 23.4 Å². The molecule has 0 unspecified atom stereocenters. The van der Waals surface area contributed by atoms with Gasteiger partial charge in [-0.25, -0.2) is 4.39 Å². The van der Waals surface area contributed by atoms with Crippen LogP contribution in [0.2, 0.25) is 0 Å². The molecule has 2 amide bonds. The van der Waals surface area contributed by atoms with Crippen LogP contribution in [-0.2, 0) is 0 Å². The number of benzene rings is 2. The summed E-state index contributed by atoms with van der Waals surface area (Å²) in [5.74, 6) is -1.17. The third-order valence-corrected chi connectivity index (χ3v) is 3.45. The molecule has 0 spiro atoms. The van der Waals surface area contributed by atoms with E-state index in [1.807, 2.05) is 0 Å². The lowest BCUT2D eigenvalue weighted by molar-refractivity contribution is 0.0943. The van der Waals surface area contributed by atoms with Crippen LogP contribution in [0.25, 0.3) is 0 Å². The van der Waals surface area contributed by atoms with Crippen LogP contribution in [-0.4, -0.2) is 23.5 Å². The first-order valence-electron chi connectivity index (χ1n) is 7.61. The third kappa shape index (κ3) is 5.67. The minimum absolute atomic E-state index is 0.265. The van der Waals surface area contributed by atoms with E-state index in [0.717, 1.165) is 0 Å². The predicted octanol–water partition coefficient (Wildman–Crippen LogP) is 2.37. The summed E-state index contributed by atoms with van der Waals surface area (Å²) < 4.78 is 12.9. The van der Waals surface area contributed by atoms with Gasteiger partial charge in [0.2, 0.25) is 0 Å². The first-order chi connectivity index (χ1) is 12.5. The second-order valence-electron chi connectivity index (χ2n) is 5.12. The van der Waals surface area contributed by atoms with E-state index < -0.39 is 5.82 Å². The van der Waals surface area contributed by atoms with Gasteiger partial charge in [-0.15, -0.1) is 6.58 Å². The SMILES string of the molecule is C=CCNC(=S)NNC(=O)c1ccc(NC(=O)c2ccc(F)cc2)cc1. The Kier molecular flexibility index (Phi) is 6.81. The van der Waals surface area contributed by atoms with Crippen LogP contribution in [0.15, 0.2) is 61.2 Å². The van der Waals surface area contributed by atoms with E-state index in [9.17, 15) is 14.0 Å². The summed E-state index contributed by atoms with van der Waals surface area (Å²) in [6, 6.07) is 11.5. The van der Waals surface area contributed by atoms with E-state index in [0.29, 0.717) is 23.4 Å². The van der Waals surface area contributed by atoms with Crippen molar-refractivity contribution in [3.8, 4) is 0 Å². The van der Waals surface area contributed by atoms with Gasteiger partial charge < -0.3 is 10.6 Å². The molecule has 0 atom stereocenters. The summed E-state index contributed by atoms with van der Waals surface area (Å²) in [4.78, 5) is 24.1. The molecule has 0 saturated carbocycles. The van der Waals surface area contributed by atoms with Crippen molar-refractivity contribution in [1.29, 1.82) is 0 Å². The lowest BCUT2D eigenvalue weighted by atomic mass is 10.1. The van der Waals surface area contributed by atoms with E-state index in [1.54, 1.807) is 30.3 Å². The second kappa shape index (κ2) is 9.28. The summed E-state index contributed by atoms with van der Waals surface area (Å²) in [5, 5.41) is 5.74. The maximum atomic E-state index is 12.9. The summed E-state index contributed by atoms with van der Waals surface area (Å²) in [6.45, 7) is 4.02. The Bertz CT molecular complexity index is 807. The van der Waals surface area contributed by atoms with Crippen molar-refractivity contribution >= 4 is 34.8 Å². The molecule has 134 valence electrons. The average Bonchev–Trinajstić information content (AvgIpc) is 2.65. The number of amides is 2. The van der Waals surface area contributed by atoms with Crippen molar-refractivity contribution in [2.45, 2.75) is 0 Å². The van der Waals surface area contributed by atoms with Crippen molar-refractivity contribution in [2.24, 2.45) is 0 Å². The monoisotopic (exact) mass is 372 g/mol. The number of carbonyl (C=O) groups is 2. The molecule has 8 heteroatoms. The summed E-state index contributed by atoms with van der Waals surface area (Å²) >= 11 is 4.95. The molecule has 2 aromatic rings. The molecule has 6 nitrogen and oxygen atoms in total. The molecule has 4 N–H and O–H groups in total. The molecule has 0 aliphatic heterocycles. The van der Waals surface area contributed by atoms with Gasteiger partial charge in [0.25, 0.3) is 11.8 Å². The number of rotatable bonds is 5. The zero-order valence-corrected chi connectivity index (χ0v) is 14.5. The summed E-state index contributed by atoms with van der Waals surface area (Å²) in [5.41, 5.74) is 6.23. The van der Waals surface area contributed by atoms with Crippen molar-refractivity contribution in [1.82, 2.24) is 16.2 Å². The maximum absolute atomic E-state index is 12.9. The third-order valence-electron chi connectivity index (χ3n) is 3.21. The Morgan fingerprint density at radius 1 is 0.962 bits per heavy atom. The highest BCUT2D eigenvalue weighted by atomic mass is 32.1. The molecule has 0 radical (unpaired) electrons. The topological polar surface area (TPSA) is 82.3 Å². The number of thiocarbonyl (C=S) groups is 1. The van der Waals surface area contributed by atoms with Gasteiger partial charge in [-0.05, 0) is 60.7 Å². The van der Waals surface area contributed by atoms with Crippen LogP contribution in [0.3, 0.4) is 0 Å². The minimum Gasteiger partial charge on any atom is -0.358 e. The van der Waals surface area contributed by atoms with Crippen LogP contribution < -0.4 is 21.5 Å². The van der Waals surface area contributed by atoms with Gasteiger partial charge in [-0.2, -0.15) is 0 Å². The number of hydrogen-bond acceptors (Lipinski definition) is 3. The van der Waals surface area contributed by atoms with E-state index in [4.69, 9.17) is 12.2 Å². The van der Waals surface area contributed by atoms with Crippen LogP contribution >= 0.6 is 12.2 Å². The predicted molar refractivity (Wildman–Crippen MR) is 102 cm³/mol. The largest absolute Gasteiger partial charge is 0.358 e. The number of hydrogen-bond donors (Lipinski definition) is 4. The fourth-order valence-electron chi connectivity index (χ4n) is 1.90. The summed E-state index contributed by atoms with van der Waals surface area (Å²) in [7, 11) is 0. The van der Waals surface area contributed by atoms with Crippen LogP contribution in [0.1, 0.15) is 20.7 Å². The van der Waals surface area contributed by atoms with Crippen LogP contribution in [0, 0.1) is 5.82 Å². The highest BCUT2D eigenvalue weighted by molar-refractivity contribution is 7.80. The lowest BCUT2D eigenvalue weighted by Gasteiger charge is -2.11. The highest BCUT2D eigenvalue weighted by Crippen LogP contribution is 2.12. The van der Waals surface area contributed by atoms with E-state index in [-0.39, 0.29) is 16.9 Å². The molecule has 0 aromatic heterocycles. The molecule has 26 heavy (non-hydrogen) atoms. The normalized spacial score (nSPS) is 9.73. The number of halogens is 1. The number of carbonyl (C=O) groups excluding carboxylic acids is 2. The summed E-state index contributed by atoms with van der Waals surface area (Å²) in [6.07, 6.45) is 1.63. The van der Waals surface area contributed by atoms with Crippen molar-refractivity contribution in [2.75, 3.05) is 11.9 Å². The average molecular weight is 372 g/mol. The van der Waals surface area contributed by atoms with E-state index in [2.05, 4.69) is 28.1 Å².